The average Bonchev–Trinajstić information content (AvgIpc) is 2.71. The number of amides is 2. The van der Waals surface area contributed by atoms with Crippen LogP contribution in [-0.2, 0) is 6.18 Å². The van der Waals surface area contributed by atoms with Gasteiger partial charge in [0.1, 0.15) is 0 Å². The largest absolute Gasteiger partial charge is 0.416 e. The van der Waals surface area contributed by atoms with Crippen LogP contribution in [0.3, 0.4) is 0 Å². The highest BCUT2D eigenvalue weighted by atomic mass is 19.4. The van der Waals surface area contributed by atoms with Gasteiger partial charge >= 0.3 is 6.18 Å². The first kappa shape index (κ1) is 21.7. The predicted molar refractivity (Wildman–Crippen MR) is 94.2 cm³/mol. The van der Waals surface area contributed by atoms with Gasteiger partial charge < -0.3 is 10.2 Å². The molecule has 1 fully saturated rings. The minimum absolute atomic E-state index is 0.106. The van der Waals surface area contributed by atoms with Crippen molar-refractivity contribution in [1.29, 1.82) is 0 Å². The maximum atomic E-state index is 13.7. The van der Waals surface area contributed by atoms with Crippen molar-refractivity contribution in [3.05, 3.63) is 70.5 Å². The first-order chi connectivity index (χ1) is 14.1. The third-order valence-electron chi connectivity index (χ3n) is 4.86. The molecular formula is C20H16F6N2O2. The smallest absolute Gasteiger partial charge is 0.349 e. The summed E-state index contributed by atoms with van der Waals surface area (Å²) >= 11 is 0. The first-order valence-corrected chi connectivity index (χ1v) is 8.99. The van der Waals surface area contributed by atoms with Crippen LogP contribution in [0.5, 0.6) is 0 Å². The van der Waals surface area contributed by atoms with Gasteiger partial charge in [0.2, 0.25) is 0 Å². The van der Waals surface area contributed by atoms with Crippen molar-refractivity contribution in [1.82, 2.24) is 10.2 Å². The Morgan fingerprint density at radius 3 is 2.07 bits per heavy atom. The minimum atomic E-state index is -4.49. The number of carbonyl (C=O) groups excluding carboxylic acids is 2. The molecule has 2 aromatic rings. The molecule has 0 saturated carbocycles. The zero-order valence-corrected chi connectivity index (χ0v) is 15.4. The van der Waals surface area contributed by atoms with Crippen molar-refractivity contribution >= 4 is 11.8 Å². The summed E-state index contributed by atoms with van der Waals surface area (Å²) in [6, 6.07) is 4.93. The highest BCUT2D eigenvalue weighted by Crippen LogP contribution is 2.29. The van der Waals surface area contributed by atoms with Gasteiger partial charge in [-0.15, -0.1) is 0 Å². The van der Waals surface area contributed by atoms with E-state index in [2.05, 4.69) is 5.32 Å². The minimum Gasteiger partial charge on any atom is -0.349 e. The molecule has 0 unspecified atom stereocenters. The molecule has 1 aliphatic heterocycles. The molecule has 30 heavy (non-hydrogen) atoms. The number of nitrogens with one attached hydrogen (secondary N) is 1. The number of alkyl halides is 3. The molecule has 0 atom stereocenters. The third-order valence-corrected chi connectivity index (χ3v) is 4.86. The number of carbonyl (C=O) groups is 2. The molecule has 160 valence electrons. The highest BCUT2D eigenvalue weighted by molar-refractivity contribution is 5.95. The van der Waals surface area contributed by atoms with E-state index in [4.69, 9.17) is 0 Å². The van der Waals surface area contributed by atoms with Crippen LogP contribution in [0.4, 0.5) is 26.3 Å². The van der Waals surface area contributed by atoms with Gasteiger partial charge in [-0.25, -0.2) is 13.2 Å². The van der Waals surface area contributed by atoms with Gasteiger partial charge in [-0.2, -0.15) is 13.2 Å². The van der Waals surface area contributed by atoms with Crippen LogP contribution in [-0.4, -0.2) is 35.8 Å². The van der Waals surface area contributed by atoms with Crippen molar-refractivity contribution in [2.24, 2.45) is 0 Å². The van der Waals surface area contributed by atoms with Crippen molar-refractivity contribution in [2.75, 3.05) is 13.1 Å². The summed E-state index contributed by atoms with van der Waals surface area (Å²) in [5, 5.41) is 2.51. The number of halogens is 6. The summed E-state index contributed by atoms with van der Waals surface area (Å²) in [7, 11) is 0. The third kappa shape index (κ3) is 4.58. The number of likely N-dealkylation sites (tertiary alicyclic amines) is 1. The summed E-state index contributed by atoms with van der Waals surface area (Å²) < 4.78 is 77.8. The van der Waals surface area contributed by atoms with Crippen molar-refractivity contribution in [2.45, 2.75) is 25.1 Å². The Kier molecular flexibility index (Phi) is 6.04. The Labute approximate surface area is 167 Å². The topological polar surface area (TPSA) is 49.4 Å². The van der Waals surface area contributed by atoms with Crippen molar-refractivity contribution < 1.29 is 35.9 Å². The Morgan fingerprint density at radius 1 is 0.900 bits per heavy atom. The lowest BCUT2D eigenvalue weighted by Crippen LogP contribution is -2.46. The molecule has 1 heterocycles. The second-order valence-corrected chi connectivity index (χ2v) is 6.84. The molecule has 0 radical (unpaired) electrons. The van der Waals surface area contributed by atoms with E-state index < -0.39 is 52.6 Å². The zero-order valence-electron chi connectivity index (χ0n) is 15.4. The van der Waals surface area contributed by atoms with E-state index in [9.17, 15) is 35.9 Å². The Morgan fingerprint density at radius 2 is 1.50 bits per heavy atom. The Balaban J connectivity index is 1.57. The molecule has 4 nitrogen and oxygen atoms in total. The lowest BCUT2D eigenvalue weighted by Gasteiger charge is -2.32. The van der Waals surface area contributed by atoms with E-state index in [1.165, 1.54) is 4.90 Å². The molecule has 2 aromatic carbocycles. The number of piperidine rings is 1. The number of hydrogen-bond donors (Lipinski definition) is 1. The van der Waals surface area contributed by atoms with Crippen molar-refractivity contribution in [3.63, 3.8) is 0 Å². The van der Waals surface area contributed by atoms with E-state index in [0.717, 1.165) is 30.3 Å². The van der Waals surface area contributed by atoms with Crippen LogP contribution in [0.2, 0.25) is 0 Å². The predicted octanol–water partition coefficient (Wildman–Crippen LogP) is 4.16. The number of rotatable bonds is 3. The standard InChI is InChI=1S/C20H16F6N2O2/c21-15-6-5-14(16(22)17(15)23)18(29)27-13-7-9-28(10-8-13)19(30)11-1-3-12(4-2-11)20(24,25)26/h1-6,13H,7-10H2,(H,27,29). The number of nitrogens with zero attached hydrogens (tertiary/aromatic N) is 1. The molecule has 0 spiro atoms. The van der Waals surface area contributed by atoms with E-state index in [1.54, 1.807) is 0 Å². The second kappa shape index (κ2) is 8.37. The summed E-state index contributed by atoms with van der Waals surface area (Å²) in [4.78, 5) is 26.0. The van der Waals surface area contributed by atoms with Crippen LogP contribution >= 0.6 is 0 Å². The van der Waals surface area contributed by atoms with Gasteiger partial charge in [0.25, 0.3) is 11.8 Å². The fraction of sp³-hybridized carbons (Fsp3) is 0.300. The van der Waals surface area contributed by atoms with Gasteiger partial charge in [0, 0.05) is 24.7 Å². The quantitative estimate of drug-likeness (QED) is 0.588. The molecule has 2 amide bonds. The van der Waals surface area contributed by atoms with Crippen LogP contribution in [0.25, 0.3) is 0 Å². The van der Waals surface area contributed by atoms with E-state index in [0.29, 0.717) is 18.9 Å². The van der Waals surface area contributed by atoms with E-state index in [-0.39, 0.29) is 18.7 Å². The monoisotopic (exact) mass is 430 g/mol. The van der Waals surface area contributed by atoms with Gasteiger partial charge in [0.05, 0.1) is 11.1 Å². The summed E-state index contributed by atoms with van der Waals surface area (Å²) in [6.45, 7) is 0.427. The van der Waals surface area contributed by atoms with E-state index >= 15 is 0 Å². The van der Waals surface area contributed by atoms with Crippen LogP contribution in [0.15, 0.2) is 36.4 Å². The highest BCUT2D eigenvalue weighted by Gasteiger charge is 2.31. The maximum Gasteiger partial charge on any atom is 0.416 e. The summed E-state index contributed by atoms with van der Waals surface area (Å²) in [6.07, 6.45) is -3.88. The van der Waals surface area contributed by atoms with E-state index in [1.807, 2.05) is 0 Å². The average molecular weight is 430 g/mol. The molecule has 0 bridgehead atoms. The second-order valence-electron chi connectivity index (χ2n) is 6.84. The summed E-state index contributed by atoms with van der Waals surface area (Å²) in [5.74, 6) is -6.07. The maximum absolute atomic E-state index is 13.7. The first-order valence-electron chi connectivity index (χ1n) is 8.99. The van der Waals surface area contributed by atoms with Crippen LogP contribution < -0.4 is 5.32 Å². The molecule has 10 heteroatoms. The molecule has 1 aliphatic rings. The SMILES string of the molecule is O=C(NC1CCN(C(=O)c2ccc(C(F)(F)F)cc2)CC1)c1ccc(F)c(F)c1F. The molecular weight excluding hydrogens is 414 g/mol. The van der Waals surface area contributed by atoms with Gasteiger partial charge in [-0.3, -0.25) is 9.59 Å². The van der Waals surface area contributed by atoms with Crippen LogP contribution in [0.1, 0.15) is 39.1 Å². The molecule has 3 rings (SSSR count). The fourth-order valence-corrected chi connectivity index (χ4v) is 3.18. The lowest BCUT2D eigenvalue weighted by atomic mass is 10.0. The fourth-order valence-electron chi connectivity index (χ4n) is 3.18. The van der Waals surface area contributed by atoms with Gasteiger partial charge in [-0.1, -0.05) is 0 Å². The van der Waals surface area contributed by atoms with Crippen molar-refractivity contribution in [3.8, 4) is 0 Å². The lowest BCUT2D eigenvalue weighted by molar-refractivity contribution is -0.137. The van der Waals surface area contributed by atoms with Gasteiger partial charge in [-0.05, 0) is 49.2 Å². The summed E-state index contributed by atoms with van der Waals surface area (Å²) in [5.41, 5.74) is -1.38. The Hall–Kier alpha value is -3.04. The molecule has 0 aliphatic carbocycles. The zero-order chi connectivity index (χ0) is 22.1. The Bertz CT molecular complexity index is 951. The number of benzene rings is 2. The van der Waals surface area contributed by atoms with Gasteiger partial charge in [0.15, 0.2) is 17.5 Å². The molecule has 0 aromatic heterocycles. The molecule has 1 saturated heterocycles. The number of hydrogen-bond acceptors (Lipinski definition) is 2. The normalized spacial score (nSPS) is 15.2. The van der Waals surface area contributed by atoms with Crippen LogP contribution in [0, 0.1) is 17.5 Å². The molecule has 1 N–H and O–H groups in total.